The molecule has 1 saturated heterocycles. The SMILES string of the molecule is Cc1cc(OCC(=O)N2CCC[C@H]2c2nc3ccccc3s2)no1. The molecular weight excluding hydrogens is 326 g/mol. The van der Waals surface area contributed by atoms with Crippen LogP contribution in [0.1, 0.15) is 29.7 Å². The molecule has 0 bridgehead atoms. The van der Waals surface area contributed by atoms with Gasteiger partial charge in [0.05, 0.1) is 16.3 Å². The van der Waals surface area contributed by atoms with Crippen molar-refractivity contribution in [2.45, 2.75) is 25.8 Å². The number of benzene rings is 1. The fourth-order valence-corrected chi connectivity index (χ4v) is 4.10. The molecule has 24 heavy (non-hydrogen) atoms. The lowest BCUT2D eigenvalue weighted by molar-refractivity contribution is -0.134. The van der Waals surface area contributed by atoms with E-state index < -0.39 is 0 Å². The predicted octanol–water partition coefficient (Wildman–Crippen LogP) is 3.34. The van der Waals surface area contributed by atoms with Crippen LogP contribution in [0.25, 0.3) is 10.2 Å². The van der Waals surface area contributed by atoms with Crippen molar-refractivity contribution in [2.75, 3.05) is 13.2 Å². The first-order chi connectivity index (χ1) is 11.7. The Bertz CT molecular complexity index is 840. The molecule has 0 radical (unpaired) electrons. The van der Waals surface area contributed by atoms with Gasteiger partial charge in [-0.15, -0.1) is 11.3 Å². The summed E-state index contributed by atoms with van der Waals surface area (Å²) in [6.07, 6.45) is 1.92. The van der Waals surface area contributed by atoms with E-state index in [-0.39, 0.29) is 18.6 Å². The van der Waals surface area contributed by atoms with E-state index in [1.807, 2.05) is 23.1 Å². The van der Waals surface area contributed by atoms with E-state index in [1.54, 1.807) is 24.3 Å². The Morgan fingerprint density at radius 1 is 1.46 bits per heavy atom. The summed E-state index contributed by atoms with van der Waals surface area (Å²) in [5, 5.41) is 4.74. The van der Waals surface area contributed by atoms with Gasteiger partial charge in [-0.2, -0.15) is 0 Å². The largest absolute Gasteiger partial charge is 0.465 e. The number of fused-ring (bicyclic) bond motifs is 1. The lowest BCUT2D eigenvalue weighted by Gasteiger charge is -2.22. The average molecular weight is 343 g/mol. The predicted molar refractivity (Wildman–Crippen MR) is 90.0 cm³/mol. The van der Waals surface area contributed by atoms with E-state index in [1.165, 1.54) is 0 Å². The smallest absolute Gasteiger partial charge is 0.261 e. The van der Waals surface area contributed by atoms with Crippen LogP contribution < -0.4 is 4.74 Å². The Morgan fingerprint density at radius 3 is 3.12 bits per heavy atom. The molecule has 4 rings (SSSR count). The van der Waals surface area contributed by atoms with E-state index in [0.29, 0.717) is 11.6 Å². The van der Waals surface area contributed by atoms with Crippen LogP contribution in [-0.2, 0) is 4.79 Å². The van der Waals surface area contributed by atoms with Gasteiger partial charge in [0.1, 0.15) is 10.8 Å². The Kier molecular flexibility index (Phi) is 3.93. The number of nitrogens with zero attached hydrogens (tertiary/aromatic N) is 3. The van der Waals surface area contributed by atoms with Crippen molar-refractivity contribution in [1.82, 2.24) is 15.0 Å². The highest BCUT2D eigenvalue weighted by Crippen LogP contribution is 2.36. The highest BCUT2D eigenvalue weighted by molar-refractivity contribution is 7.18. The van der Waals surface area contributed by atoms with Gasteiger partial charge in [-0.3, -0.25) is 4.79 Å². The molecule has 6 nitrogen and oxygen atoms in total. The molecular formula is C17H17N3O3S. The summed E-state index contributed by atoms with van der Waals surface area (Å²) >= 11 is 1.66. The molecule has 0 unspecified atom stereocenters. The molecule has 0 saturated carbocycles. The topological polar surface area (TPSA) is 68.5 Å². The minimum atomic E-state index is -0.0441. The number of para-hydroxylation sites is 1. The van der Waals surface area contributed by atoms with E-state index >= 15 is 0 Å². The van der Waals surface area contributed by atoms with Gasteiger partial charge in [0, 0.05) is 12.6 Å². The summed E-state index contributed by atoms with van der Waals surface area (Å²) in [7, 11) is 0. The first kappa shape index (κ1) is 15.1. The zero-order chi connectivity index (χ0) is 16.5. The normalized spacial score (nSPS) is 17.5. The van der Waals surface area contributed by atoms with Gasteiger partial charge in [0.25, 0.3) is 11.8 Å². The van der Waals surface area contributed by atoms with Crippen LogP contribution in [0.3, 0.4) is 0 Å². The number of carbonyl (C=O) groups is 1. The zero-order valence-electron chi connectivity index (χ0n) is 13.3. The number of aryl methyl sites for hydroxylation is 1. The lowest BCUT2D eigenvalue weighted by atomic mass is 10.2. The maximum absolute atomic E-state index is 12.5. The van der Waals surface area contributed by atoms with Crippen LogP contribution in [0.5, 0.6) is 5.88 Å². The number of ether oxygens (including phenoxy) is 1. The second-order valence-corrected chi connectivity index (χ2v) is 6.89. The third-order valence-corrected chi connectivity index (χ3v) is 5.26. The Hall–Kier alpha value is -2.41. The van der Waals surface area contributed by atoms with Crippen molar-refractivity contribution in [3.05, 3.63) is 41.1 Å². The molecule has 0 aliphatic carbocycles. The highest BCUT2D eigenvalue weighted by Gasteiger charge is 2.32. The van der Waals surface area contributed by atoms with Crippen LogP contribution in [-0.4, -0.2) is 34.1 Å². The summed E-state index contributed by atoms with van der Waals surface area (Å²) in [4.78, 5) is 19.1. The van der Waals surface area contributed by atoms with E-state index in [0.717, 1.165) is 34.6 Å². The standard InChI is InChI=1S/C17H17N3O3S/c1-11-9-15(19-23-11)22-10-16(21)20-8-4-6-13(20)17-18-12-5-2-3-7-14(12)24-17/h2-3,5,7,9,13H,4,6,8,10H2,1H3/t13-/m0/s1. The summed E-state index contributed by atoms with van der Waals surface area (Å²) < 4.78 is 11.5. The Labute approximate surface area is 143 Å². The number of aromatic nitrogens is 2. The molecule has 1 aliphatic heterocycles. The van der Waals surface area contributed by atoms with Crippen LogP contribution in [0.4, 0.5) is 0 Å². The fourth-order valence-electron chi connectivity index (χ4n) is 2.98. The molecule has 0 spiro atoms. The summed E-state index contributed by atoms with van der Waals surface area (Å²) in [5.74, 6) is 0.958. The minimum Gasteiger partial charge on any atom is -0.465 e. The van der Waals surface area contributed by atoms with Gasteiger partial charge in [-0.05, 0) is 37.1 Å². The van der Waals surface area contributed by atoms with E-state index in [9.17, 15) is 4.79 Å². The lowest BCUT2D eigenvalue weighted by Crippen LogP contribution is -2.34. The molecule has 2 aromatic heterocycles. The number of hydrogen-bond donors (Lipinski definition) is 0. The number of amides is 1. The number of likely N-dealkylation sites (tertiary alicyclic amines) is 1. The molecule has 1 atom stereocenters. The molecule has 7 heteroatoms. The highest BCUT2D eigenvalue weighted by atomic mass is 32.1. The maximum Gasteiger partial charge on any atom is 0.261 e. The Morgan fingerprint density at radius 2 is 2.33 bits per heavy atom. The van der Waals surface area contributed by atoms with Crippen molar-refractivity contribution in [2.24, 2.45) is 0 Å². The first-order valence-electron chi connectivity index (χ1n) is 7.92. The molecule has 1 aromatic carbocycles. The molecule has 124 valence electrons. The van der Waals surface area contributed by atoms with Gasteiger partial charge in [0.2, 0.25) is 0 Å². The van der Waals surface area contributed by atoms with Crippen LogP contribution in [0, 0.1) is 6.92 Å². The van der Waals surface area contributed by atoms with Gasteiger partial charge >= 0.3 is 0 Å². The first-order valence-corrected chi connectivity index (χ1v) is 8.73. The molecule has 3 aromatic rings. The molecule has 3 heterocycles. The van der Waals surface area contributed by atoms with Gasteiger partial charge < -0.3 is 14.2 Å². The van der Waals surface area contributed by atoms with Crippen molar-refractivity contribution in [3.8, 4) is 5.88 Å². The Balaban J connectivity index is 1.48. The maximum atomic E-state index is 12.5. The number of rotatable bonds is 4. The zero-order valence-corrected chi connectivity index (χ0v) is 14.1. The second kappa shape index (κ2) is 6.24. The average Bonchev–Trinajstić information content (AvgIpc) is 3.30. The van der Waals surface area contributed by atoms with Crippen LogP contribution in [0.15, 0.2) is 34.9 Å². The molecule has 1 aliphatic rings. The van der Waals surface area contributed by atoms with Crippen LogP contribution in [0.2, 0.25) is 0 Å². The third-order valence-electron chi connectivity index (χ3n) is 4.12. The quantitative estimate of drug-likeness (QED) is 0.727. The molecule has 0 N–H and O–H groups in total. The summed E-state index contributed by atoms with van der Waals surface area (Å²) in [6.45, 7) is 2.49. The van der Waals surface area contributed by atoms with E-state index in [2.05, 4.69) is 11.2 Å². The van der Waals surface area contributed by atoms with Gasteiger partial charge in [-0.25, -0.2) is 4.98 Å². The summed E-state index contributed by atoms with van der Waals surface area (Å²) in [5.41, 5.74) is 0.992. The fraction of sp³-hybridized carbons (Fsp3) is 0.353. The number of carbonyl (C=O) groups excluding carboxylic acids is 1. The number of thiazole rings is 1. The van der Waals surface area contributed by atoms with Crippen molar-refractivity contribution in [3.63, 3.8) is 0 Å². The molecule has 1 amide bonds. The van der Waals surface area contributed by atoms with Crippen LogP contribution >= 0.6 is 11.3 Å². The van der Waals surface area contributed by atoms with Gasteiger partial charge in [-0.1, -0.05) is 12.1 Å². The van der Waals surface area contributed by atoms with E-state index in [4.69, 9.17) is 14.2 Å². The van der Waals surface area contributed by atoms with Crippen molar-refractivity contribution in [1.29, 1.82) is 0 Å². The van der Waals surface area contributed by atoms with Crippen molar-refractivity contribution < 1.29 is 14.1 Å². The van der Waals surface area contributed by atoms with Crippen molar-refractivity contribution >= 4 is 27.5 Å². The number of hydrogen-bond acceptors (Lipinski definition) is 6. The second-order valence-electron chi connectivity index (χ2n) is 5.83. The summed E-state index contributed by atoms with van der Waals surface area (Å²) in [6, 6.07) is 9.77. The minimum absolute atomic E-state index is 0.0344. The third kappa shape index (κ3) is 2.87. The monoisotopic (exact) mass is 343 g/mol. The molecule has 1 fully saturated rings. The van der Waals surface area contributed by atoms with Gasteiger partial charge in [0.15, 0.2) is 6.61 Å².